The van der Waals surface area contributed by atoms with E-state index in [-0.39, 0.29) is 17.2 Å². The van der Waals surface area contributed by atoms with Crippen molar-refractivity contribution in [1.82, 2.24) is 9.97 Å². The zero-order chi connectivity index (χ0) is 21.8. The monoisotopic (exact) mass is 433 g/mol. The highest BCUT2D eigenvalue weighted by atomic mass is 35.5. The molecule has 0 radical (unpaired) electrons. The number of nitrogens with one attached hydrogen (secondary N) is 1. The second-order valence-corrected chi connectivity index (χ2v) is 7.08. The second kappa shape index (κ2) is 8.90. The molecule has 0 amide bonds. The Kier molecular flexibility index (Phi) is 5.87. The molecule has 7 heteroatoms. The lowest BCUT2D eigenvalue weighted by atomic mass is 10.1. The number of benzene rings is 3. The third kappa shape index (κ3) is 4.37. The summed E-state index contributed by atoms with van der Waals surface area (Å²) in [4.78, 5) is 7.62. The van der Waals surface area contributed by atoms with Crippen LogP contribution in [-0.4, -0.2) is 17.1 Å². The first-order chi connectivity index (χ1) is 15.1. The van der Waals surface area contributed by atoms with Crippen molar-refractivity contribution in [2.45, 2.75) is 6.61 Å². The second-order valence-electron chi connectivity index (χ2n) is 6.67. The van der Waals surface area contributed by atoms with Gasteiger partial charge in [-0.15, -0.1) is 0 Å². The van der Waals surface area contributed by atoms with Gasteiger partial charge in [0.25, 0.3) is 0 Å². The fraction of sp³-hybridized carbons (Fsp3) is 0.0833. The number of aromatic amines is 1. The number of rotatable bonds is 6. The van der Waals surface area contributed by atoms with E-state index in [9.17, 15) is 9.65 Å². The number of nitriles is 1. The van der Waals surface area contributed by atoms with E-state index in [4.69, 9.17) is 21.1 Å². The number of fused-ring (bicyclic) bond motifs is 1. The fourth-order valence-corrected chi connectivity index (χ4v) is 3.33. The molecule has 0 aliphatic heterocycles. The maximum absolute atomic E-state index is 14.1. The summed E-state index contributed by atoms with van der Waals surface area (Å²) < 4.78 is 25.2. The van der Waals surface area contributed by atoms with Crippen molar-refractivity contribution in [2.24, 2.45) is 0 Å². The highest BCUT2D eigenvalue weighted by Crippen LogP contribution is 2.31. The summed E-state index contributed by atoms with van der Waals surface area (Å²) in [7, 11) is 1.52. The molecule has 0 atom stereocenters. The number of ether oxygens (including phenoxy) is 2. The molecule has 0 bridgehead atoms. The Bertz CT molecular complexity index is 1270. The van der Waals surface area contributed by atoms with Crippen molar-refractivity contribution < 1.29 is 13.9 Å². The van der Waals surface area contributed by atoms with Gasteiger partial charge in [0.15, 0.2) is 11.5 Å². The first-order valence-corrected chi connectivity index (χ1v) is 9.77. The van der Waals surface area contributed by atoms with E-state index in [1.165, 1.54) is 19.2 Å². The molecule has 1 heterocycles. The normalized spacial score (nSPS) is 11.4. The molecule has 1 aromatic heterocycles. The van der Waals surface area contributed by atoms with Gasteiger partial charge in [0, 0.05) is 5.56 Å². The van der Waals surface area contributed by atoms with Crippen LogP contribution in [0.15, 0.2) is 60.7 Å². The summed E-state index contributed by atoms with van der Waals surface area (Å²) in [6.07, 6.45) is 1.69. The van der Waals surface area contributed by atoms with Crippen LogP contribution in [0.4, 0.5) is 4.39 Å². The summed E-state index contributed by atoms with van der Waals surface area (Å²) in [5.74, 6) is 0.906. The van der Waals surface area contributed by atoms with Crippen molar-refractivity contribution in [2.75, 3.05) is 7.11 Å². The highest BCUT2D eigenvalue weighted by Gasteiger charge is 2.12. The lowest BCUT2D eigenvalue weighted by Crippen LogP contribution is -2.01. The zero-order valence-corrected chi connectivity index (χ0v) is 17.3. The predicted molar refractivity (Wildman–Crippen MR) is 118 cm³/mol. The fourth-order valence-electron chi connectivity index (χ4n) is 3.12. The lowest BCUT2D eigenvalue weighted by Gasteiger charge is -2.13. The number of methoxy groups -OCH3 is 1. The van der Waals surface area contributed by atoms with Crippen LogP contribution in [-0.2, 0) is 6.61 Å². The van der Waals surface area contributed by atoms with Gasteiger partial charge in [0.1, 0.15) is 24.3 Å². The number of hydrogen-bond acceptors (Lipinski definition) is 4. The molecule has 3 aromatic carbocycles. The van der Waals surface area contributed by atoms with Crippen molar-refractivity contribution in [3.63, 3.8) is 0 Å². The van der Waals surface area contributed by atoms with Gasteiger partial charge in [-0.3, -0.25) is 0 Å². The maximum atomic E-state index is 14.1. The molecule has 0 saturated carbocycles. The quantitative estimate of drug-likeness (QED) is 0.378. The van der Waals surface area contributed by atoms with Gasteiger partial charge in [-0.2, -0.15) is 5.26 Å². The molecule has 31 heavy (non-hydrogen) atoms. The van der Waals surface area contributed by atoms with Crippen LogP contribution in [0.3, 0.4) is 0 Å². The minimum absolute atomic E-state index is 0.0658. The first-order valence-electron chi connectivity index (χ1n) is 9.39. The molecule has 4 aromatic rings. The van der Waals surface area contributed by atoms with E-state index in [0.717, 1.165) is 11.0 Å². The van der Waals surface area contributed by atoms with E-state index in [0.29, 0.717) is 28.5 Å². The third-order valence-corrected chi connectivity index (χ3v) is 5.05. The average molecular weight is 434 g/mol. The molecule has 0 aliphatic carbocycles. The van der Waals surface area contributed by atoms with Crippen LogP contribution in [0.5, 0.6) is 11.5 Å². The topological polar surface area (TPSA) is 70.9 Å². The molecular formula is C24H17ClFN3O2. The Labute approximate surface area is 183 Å². The van der Waals surface area contributed by atoms with Crippen LogP contribution in [0.2, 0.25) is 5.02 Å². The molecular weight excluding hydrogens is 417 g/mol. The molecule has 0 fully saturated rings. The number of imidazole rings is 1. The van der Waals surface area contributed by atoms with Gasteiger partial charge >= 0.3 is 0 Å². The number of halogens is 2. The molecule has 0 spiro atoms. The van der Waals surface area contributed by atoms with Crippen LogP contribution >= 0.6 is 11.6 Å². The van der Waals surface area contributed by atoms with Crippen LogP contribution < -0.4 is 9.47 Å². The van der Waals surface area contributed by atoms with Gasteiger partial charge in [-0.05, 0) is 48.0 Å². The Hall–Kier alpha value is -3.82. The number of H-pyrrole nitrogens is 1. The smallest absolute Gasteiger partial charge is 0.162 e. The summed E-state index contributed by atoms with van der Waals surface area (Å²) in [5.41, 5.74) is 2.95. The van der Waals surface area contributed by atoms with E-state index in [1.807, 2.05) is 24.3 Å². The average Bonchev–Trinajstić information content (AvgIpc) is 3.21. The zero-order valence-electron chi connectivity index (χ0n) is 16.5. The van der Waals surface area contributed by atoms with Gasteiger partial charge in [0.05, 0.1) is 28.7 Å². The van der Waals surface area contributed by atoms with Crippen LogP contribution in [0.1, 0.15) is 17.0 Å². The maximum Gasteiger partial charge on any atom is 0.162 e. The van der Waals surface area contributed by atoms with E-state index >= 15 is 0 Å². The Morgan fingerprint density at radius 3 is 2.74 bits per heavy atom. The third-order valence-electron chi connectivity index (χ3n) is 4.70. The van der Waals surface area contributed by atoms with Crippen LogP contribution in [0, 0.1) is 17.1 Å². The summed E-state index contributed by atoms with van der Waals surface area (Å²) in [5, 5.41) is 9.94. The number of aromatic nitrogens is 2. The number of nitrogens with zero attached hydrogens (tertiary/aromatic N) is 2. The largest absolute Gasteiger partial charge is 0.493 e. The van der Waals surface area contributed by atoms with E-state index in [1.54, 1.807) is 30.3 Å². The SMILES string of the molecule is COc1ccc(/C=C(\C#N)c2nc3ccccc3[nH]2)cc1OCc1c(F)cccc1Cl. The van der Waals surface area contributed by atoms with Crippen molar-refractivity contribution in [3.05, 3.63) is 88.5 Å². The number of hydrogen-bond donors (Lipinski definition) is 1. The van der Waals surface area contributed by atoms with Gasteiger partial charge in [-0.25, -0.2) is 9.37 Å². The molecule has 4 rings (SSSR count). The standard InChI is InChI=1S/C24H17ClFN3O2/c1-30-22-10-9-15(12-23(22)31-14-17-18(25)5-4-6-19(17)26)11-16(13-27)24-28-20-7-2-3-8-21(20)29-24/h2-12H,14H2,1H3,(H,28,29)/b16-11+. The van der Waals surface area contributed by atoms with Gasteiger partial charge < -0.3 is 14.5 Å². The van der Waals surface area contributed by atoms with E-state index in [2.05, 4.69) is 16.0 Å². The summed E-state index contributed by atoms with van der Waals surface area (Å²) >= 11 is 6.08. The van der Waals surface area contributed by atoms with E-state index < -0.39 is 5.82 Å². The Morgan fingerprint density at radius 2 is 2.00 bits per heavy atom. The Balaban J connectivity index is 1.65. The summed E-state index contributed by atoms with van der Waals surface area (Å²) in [6.45, 7) is -0.0658. The molecule has 0 saturated heterocycles. The minimum atomic E-state index is -0.445. The lowest BCUT2D eigenvalue weighted by molar-refractivity contribution is 0.280. The van der Waals surface area contributed by atoms with Gasteiger partial charge in [-0.1, -0.05) is 35.9 Å². The predicted octanol–water partition coefficient (Wildman–Crippen LogP) is 6.01. The highest BCUT2D eigenvalue weighted by molar-refractivity contribution is 6.31. The molecule has 5 nitrogen and oxygen atoms in total. The van der Waals surface area contributed by atoms with Crippen molar-refractivity contribution in [1.29, 1.82) is 5.26 Å². The van der Waals surface area contributed by atoms with Crippen molar-refractivity contribution in [3.8, 4) is 17.6 Å². The summed E-state index contributed by atoms with van der Waals surface area (Å²) in [6, 6.07) is 19.4. The van der Waals surface area contributed by atoms with Crippen molar-refractivity contribution >= 4 is 34.3 Å². The first kappa shape index (κ1) is 20.5. The molecule has 0 unspecified atom stereocenters. The molecule has 0 aliphatic rings. The number of allylic oxidation sites excluding steroid dienone is 1. The van der Waals surface area contributed by atoms with Gasteiger partial charge in [0.2, 0.25) is 0 Å². The molecule has 154 valence electrons. The molecule has 1 N–H and O–H groups in total. The number of para-hydroxylation sites is 2. The Morgan fingerprint density at radius 1 is 1.16 bits per heavy atom. The van der Waals surface area contributed by atoms with Crippen LogP contribution in [0.25, 0.3) is 22.7 Å². The minimum Gasteiger partial charge on any atom is -0.493 e.